The number of aryl methyl sites for hydroxylation is 1. The molecule has 0 atom stereocenters. The Labute approximate surface area is 156 Å². The van der Waals surface area contributed by atoms with E-state index in [1.54, 1.807) is 7.11 Å². The van der Waals surface area contributed by atoms with E-state index in [0.29, 0.717) is 26.3 Å². The van der Waals surface area contributed by atoms with Crippen molar-refractivity contribution in [2.75, 3.05) is 26.9 Å². The summed E-state index contributed by atoms with van der Waals surface area (Å²) in [5.41, 5.74) is 3.45. The average Bonchev–Trinajstić information content (AvgIpc) is 2.66. The number of hydrogen-bond acceptors (Lipinski definition) is 3. The van der Waals surface area contributed by atoms with Gasteiger partial charge in [0.1, 0.15) is 12.4 Å². The molecule has 0 amide bonds. The van der Waals surface area contributed by atoms with E-state index in [1.807, 2.05) is 18.2 Å². The van der Waals surface area contributed by atoms with Crippen molar-refractivity contribution >= 4 is 5.96 Å². The number of ether oxygens (including phenoxy) is 2. The van der Waals surface area contributed by atoms with Gasteiger partial charge in [-0.1, -0.05) is 42.5 Å². The van der Waals surface area contributed by atoms with E-state index < -0.39 is 0 Å². The highest BCUT2D eigenvalue weighted by molar-refractivity contribution is 5.79. The number of aliphatic imine (C=N–C) groups is 1. The van der Waals surface area contributed by atoms with Gasteiger partial charge in [-0.05, 0) is 31.0 Å². The molecule has 5 heteroatoms. The second kappa shape index (κ2) is 11.2. The number of guanidine groups is 1. The van der Waals surface area contributed by atoms with Crippen LogP contribution in [-0.4, -0.2) is 32.8 Å². The SMILES string of the molecule is CCNC(=NCc1ccccc1)NCc1ccc(C)cc1OCCOC. The van der Waals surface area contributed by atoms with E-state index in [2.05, 4.69) is 59.8 Å². The molecule has 0 fully saturated rings. The normalized spacial score (nSPS) is 11.3. The number of rotatable bonds is 9. The Bertz CT molecular complexity index is 687. The molecule has 0 spiro atoms. The smallest absolute Gasteiger partial charge is 0.191 e. The molecule has 2 rings (SSSR count). The zero-order valence-corrected chi connectivity index (χ0v) is 15.9. The minimum absolute atomic E-state index is 0.537. The molecule has 0 aromatic heterocycles. The Hall–Kier alpha value is -2.53. The summed E-state index contributed by atoms with van der Waals surface area (Å²) >= 11 is 0. The molecule has 140 valence electrons. The predicted octanol–water partition coefficient (Wildman–Crippen LogP) is 3.28. The summed E-state index contributed by atoms with van der Waals surface area (Å²) in [7, 11) is 1.67. The lowest BCUT2D eigenvalue weighted by atomic mass is 10.1. The van der Waals surface area contributed by atoms with Gasteiger partial charge in [0.25, 0.3) is 0 Å². The lowest BCUT2D eigenvalue weighted by molar-refractivity contribution is 0.145. The molecule has 0 unspecified atom stereocenters. The van der Waals surface area contributed by atoms with Crippen molar-refractivity contribution in [3.8, 4) is 5.75 Å². The number of hydrogen-bond donors (Lipinski definition) is 2. The molecular weight excluding hydrogens is 326 g/mol. The Balaban J connectivity index is 2.01. The summed E-state index contributed by atoms with van der Waals surface area (Å²) < 4.78 is 10.9. The van der Waals surface area contributed by atoms with Gasteiger partial charge in [0.2, 0.25) is 0 Å². The molecule has 2 N–H and O–H groups in total. The van der Waals surface area contributed by atoms with Crippen molar-refractivity contribution in [3.63, 3.8) is 0 Å². The first-order valence-corrected chi connectivity index (χ1v) is 9.00. The van der Waals surface area contributed by atoms with Crippen molar-refractivity contribution < 1.29 is 9.47 Å². The van der Waals surface area contributed by atoms with Gasteiger partial charge in [-0.3, -0.25) is 0 Å². The lowest BCUT2D eigenvalue weighted by Crippen LogP contribution is -2.36. The van der Waals surface area contributed by atoms with E-state index >= 15 is 0 Å². The fourth-order valence-corrected chi connectivity index (χ4v) is 2.45. The maximum atomic E-state index is 5.85. The Morgan fingerprint density at radius 3 is 2.58 bits per heavy atom. The van der Waals surface area contributed by atoms with Gasteiger partial charge in [0, 0.05) is 25.8 Å². The third-order valence-electron chi connectivity index (χ3n) is 3.82. The molecule has 0 aliphatic heterocycles. The van der Waals surface area contributed by atoms with Crippen molar-refractivity contribution in [1.29, 1.82) is 0 Å². The standard InChI is InChI=1S/C21H29N3O2/c1-4-22-21(23-15-18-8-6-5-7-9-18)24-16-19-11-10-17(2)14-20(19)26-13-12-25-3/h5-11,14H,4,12-13,15-16H2,1-3H3,(H2,22,23,24). The van der Waals surface area contributed by atoms with Crippen LogP contribution in [0.1, 0.15) is 23.6 Å². The van der Waals surface area contributed by atoms with Gasteiger partial charge in [-0.15, -0.1) is 0 Å². The molecule has 0 saturated carbocycles. The van der Waals surface area contributed by atoms with Crippen molar-refractivity contribution in [2.45, 2.75) is 26.9 Å². The molecule has 2 aromatic rings. The minimum Gasteiger partial charge on any atom is -0.491 e. The minimum atomic E-state index is 0.537. The van der Waals surface area contributed by atoms with E-state index in [4.69, 9.17) is 9.47 Å². The average molecular weight is 355 g/mol. The summed E-state index contributed by atoms with van der Waals surface area (Å²) in [6.07, 6.45) is 0. The number of benzene rings is 2. The first kappa shape index (κ1) is 19.8. The number of nitrogens with zero attached hydrogens (tertiary/aromatic N) is 1. The van der Waals surface area contributed by atoms with Crippen LogP contribution < -0.4 is 15.4 Å². The first-order valence-electron chi connectivity index (χ1n) is 9.00. The highest BCUT2D eigenvalue weighted by Gasteiger charge is 2.06. The number of nitrogens with one attached hydrogen (secondary N) is 2. The maximum absolute atomic E-state index is 5.85. The molecule has 0 bridgehead atoms. The molecule has 26 heavy (non-hydrogen) atoms. The molecule has 0 aliphatic rings. The van der Waals surface area contributed by atoms with Crippen LogP contribution in [0.15, 0.2) is 53.5 Å². The van der Waals surface area contributed by atoms with E-state index in [-0.39, 0.29) is 0 Å². The van der Waals surface area contributed by atoms with Crippen molar-refractivity contribution in [3.05, 3.63) is 65.2 Å². The van der Waals surface area contributed by atoms with Crippen LogP contribution >= 0.6 is 0 Å². The van der Waals surface area contributed by atoms with Gasteiger partial charge in [0.05, 0.1) is 13.2 Å². The van der Waals surface area contributed by atoms with Gasteiger partial charge in [0.15, 0.2) is 5.96 Å². The van der Waals surface area contributed by atoms with Crippen LogP contribution in [0.5, 0.6) is 5.75 Å². The molecule has 0 heterocycles. The fourth-order valence-electron chi connectivity index (χ4n) is 2.45. The quantitative estimate of drug-likeness (QED) is 0.412. The van der Waals surface area contributed by atoms with Crippen LogP contribution in [0.3, 0.4) is 0 Å². The largest absolute Gasteiger partial charge is 0.491 e. The molecule has 0 radical (unpaired) electrons. The van der Waals surface area contributed by atoms with Crippen molar-refractivity contribution in [2.24, 2.45) is 4.99 Å². The molecule has 0 saturated heterocycles. The summed E-state index contributed by atoms with van der Waals surface area (Å²) in [5, 5.41) is 6.67. The monoisotopic (exact) mass is 355 g/mol. The van der Waals surface area contributed by atoms with Crippen LogP contribution in [0.4, 0.5) is 0 Å². The second-order valence-electron chi connectivity index (χ2n) is 5.99. The van der Waals surface area contributed by atoms with Crippen molar-refractivity contribution in [1.82, 2.24) is 10.6 Å². The summed E-state index contributed by atoms with van der Waals surface area (Å²) in [4.78, 5) is 4.66. The van der Waals surface area contributed by atoms with Crippen LogP contribution in [-0.2, 0) is 17.8 Å². The van der Waals surface area contributed by atoms with E-state index in [1.165, 1.54) is 11.1 Å². The zero-order chi connectivity index (χ0) is 18.6. The predicted molar refractivity (Wildman–Crippen MR) is 107 cm³/mol. The van der Waals surface area contributed by atoms with E-state index in [0.717, 1.165) is 23.8 Å². The summed E-state index contributed by atoms with van der Waals surface area (Å²) in [6.45, 7) is 7.32. The highest BCUT2D eigenvalue weighted by atomic mass is 16.5. The second-order valence-corrected chi connectivity index (χ2v) is 5.99. The highest BCUT2D eigenvalue weighted by Crippen LogP contribution is 2.20. The number of methoxy groups -OCH3 is 1. The van der Waals surface area contributed by atoms with Gasteiger partial charge >= 0.3 is 0 Å². The summed E-state index contributed by atoms with van der Waals surface area (Å²) in [6, 6.07) is 16.5. The lowest BCUT2D eigenvalue weighted by Gasteiger charge is -2.15. The molecule has 2 aromatic carbocycles. The molecule has 5 nitrogen and oxygen atoms in total. The Morgan fingerprint density at radius 2 is 1.85 bits per heavy atom. The Morgan fingerprint density at radius 1 is 1.04 bits per heavy atom. The maximum Gasteiger partial charge on any atom is 0.191 e. The fraction of sp³-hybridized carbons (Fsp3) is 0.381. The van der Waals surface area contributed by atoms with Crippen LogP contribution in [0.2, 0.25) is 0 Å². The third kappa shape index (κ3) is 6.76. The third-order valence-corrected chi connectivity index (χ3v) is 3.82. The van der Waals surface area contributed by atoms with Gasteiger partial charge in [-0.2, -0.15) is 0 Å². The topological polar surface area (TPSA) is 54.9 Å². The van der Waals surface area contributed by atoms with Crippen LogP contribution in [0.25, 0.3) is 0 Å². The first-order chi connectivity index (χ1) is 12.7. The van der Waals surface area contributed by atoms with Crippen LogP contribution in [0, 0.1) is 6.92 Å². The van der Waals surface area contributed by atoms with Gasteiger partial charge < -0.3 is 20.1 Å². The molecular formula is C21H29N3O2. The summed E-state index contributed by atoms with van der Waals surface area (Å²) in [5.74, 6) is 1.67. The molecule has 0 aliphatic carbocycles. The zero-order valence-electron chi connectivity index (χ0n) is 15.9. The van der Waals surface area contributed by atoms with Gasteiger partial charge in [-0.25, -0.2) is 4.99 Å². The van der Waals surface area contributed by atoms with E-state index in [9.17, 15) is 0 Å². The Kier molecular flexibility index (Phi) is 8.49.